The van der Waals surface area contributed by atoms with Crippen LogP contribution < -0.4 is 0 Å². The summed E-state index contributed by atoms with van der Waals surface area (Å²) in [6.45, 7) is 4.23. The van der Waals surface area contributed by atoms with Gasteiger partial charge in [0.05, 0.1) is 0 Å². The highest BCUT2D eigenvalue weighted by molar-refractivity contribution is 5.81. The Balaban J connectivity index is 3.61. The molecule has 0 fully saturated rings. The molecule has 0 saturated heterocycles. The lowest BCUT2D eigenvalue weighted by Crippen LogP contribution is -2.30. The van der Waals surface area contributed by atoms with Crippen LogP contribution in [0.4, 0.5) is 0 Å². The molecule has 0 bridgehead atoms. The SMILES string of the molecule is CC=CC(=O)OCC(C)N(C)C. The highest BCUT2D eigenvalue weighted by Crippen LogP contribution is 1.93. The first-order chi connectivity index (χ1) is 5.57. The molecule has 0 amide bonds. The zero-order valence-electron chi connectivity index (χ0n) is 8.20. The molecular formula is C9H17NO2. The Bertz CT molecular complexity index is 164. The van der Waals surface area contributed by atoms with Crippen LogP contribution in [0.1, 0.15) is 13.8 Å². The highest BCUT2D eigenvalue weighted by atomic mass is 16.5. The fraction of sp³-hybridized carbons (Fsp3) is 0.667. The van der Waals surface area contributed by atoms with Crippen molar-refractivity contribution in [2.75, 3.05) is 20.7 Å². The number of likely N-dealkylation sites (N-methyl/N-ethyl adjacent to an activating group) is 1. The zero-order valence-corrected chi connectivity index (χ0v) is 8.20. The summed E-state index contributed by atoms with van der Waals surface area (Å²) in [6.07, 6.45) is 3.09. The van der Waals surface area contributed by atoms with Crippen LogP contribution in [0.2, 0.25) is 0 Å². The van der Waals surface area contributed by atoms with Crippen LogP contribution in [0, 0.1) is 0 Å². The van der Waals surface area contributed by atoms with Crippen LogP contribution in [0.15, 0.2) is 12.2 Å². The van der Waals surface area contributed by atoms with Gasteiger partial charge in [0, 0.05) is 12.1 Å². The second-order valence-electron chi connectivity index (χ2n) is 2.94. The molecule has 0 radical (unpaired) electrons. The molecule has 0 aromatic carbocycles. The number of nitrogens with zero attached hydrogens (tertiary/aromatic N) is 1. The van der Waals surface area contributed by atoms with Crippen molar-refractivity contribution < 1.29 is 9.53 Å². The summed E-state index contributed by atoms with van der Waals surface area (Å²) in [7, 11) is 3.91. The van der Waals surface area contributed by atoms with Gasteiger partial charge in [0.25, 0.3) is 0 Å². The normalized spacial score (nSPS) is 13.8. The van der Waals surface area contributed by atoms with E-state index in [9.17, 15) is 4.79 Å². The summed E-state index contributed by atoms with van der Waals surface area (Å²) in [5.74, 6) is -0.272. The number of hydrogen-bond donors (Lipinski definition) is 0. The predicted octanol–water partition coefficient (Wildman–Crippen LogP) is 1.06. The van der Waals surface area contributed by atoms with Gasteiger partial charge in [0.2, 0.25) is 0 Å². The third kappa shape index (κ3) is 4.91. The van der Waals surface area contributed by atoms with E-state index >= 15 is 0 Å². The molecule has 0 aliphatic carbocycles. The maximum atomic E-state index is 10.8. The fourth-order valence-electron chi connectivity index (χ4n) is 0.536. The number of rotatable bonds is 4. The first-order valence-electron chi connectivity index (χ1n) is 4.03. The molecule has 0 N–H and O–H groups in total. The second-order valence-corrected chi connectivity index (χ2v) is 2.94. The Kier molecular flexibility index (Phi) is 5.37. The molecule has 0 aromatic rings. The number of allylic oxidation sites excluding steroid dienone is 1. The van der Waals surface area contributed by atoms with E-state index in [0.29, 0.717) is 6.61 Å². The van der Waals surface area contributed by atoms with Gasteiger partial charge < -0.3 is 9.64 Å². The summed E-state index contributed by atoms with van der Waals surface area (Å²) in [6, 6.07) is 0.263. The predicted molar refractivity (Wildman–Crippen MR) is 48.9 cm³/mol. The number of esters is 1. The van der Waals surface area contributed by atoms with Crippen molar-refractivity contribution in [3.63, 3.8) is 0 Å². The van der Waals surface area contributed by atoms with Gasteiger partial charge in [-0.05, 0) is 27.9 Å². The van der Waals surface area contributed by atoms with E-state index in [1.807, 2.05) is 25.9 Å². The largest absolute Gasteiger partial charge is 0.461 e. The Morgan fingerprint density at radius 3 is 2.58 bits per heavy atom. The molecule has 0 aliphatic heterocycles. The molecule has 1 unspecified atom stereocenters. The van der Waals surface area contributed by atoms with Crippen molar-refractivity contribution in [3.8, 4) is 0 Å². The van der Waals surface area contributed by atoms with Crippen LogP contribution in [-0.4, -0.2) is 37.6 Å². The van der Waals surface area contributed by atoms with E-state index in [4.69, 9.17) is 4.74 Å². The molecule has 0 spiro atoms. The zero-order chi connectivity index (χ0) is 9.56. The van der Waals surface area contributed by atoms with Crippen LogP contribution in [0.3, 0.4) is 0 Å². The van der Waals surface area contributed by atoms with E-state index < -0.39 is 0 Å². The van der Waals surface area contributed by atoms with Crippen LogP contribution in [-0.2, 0) is 9.53 Å². The summed E-state index contributed by atoms with van der Waals surface area (Å²) < 4.78 is 4.94. The fourth-order valence-corrected chi connectivity index (χ4v) is 0.536. The van der Waals surface area contributed by atoms with Crippen molar-refractivity contribution in [2.24, 2.45) is 0 Å². The van der Waals surface area contributed by atoms with Crippen LogP contribution >= 0.6 is 0 Å². The summed E-state index contributed by atoms with van der Waals surface area (Å²) in [4.78, 5) is 12.8. The molecule has 1 atom stereocenters. The van der Waals surface area contributed by atoms with Gasteiger partial charge in [-0.15, -0.1) is 0 Å². The quantitative estimate of drug-likeness (QED) is 0.468. The monoisotopic (exact) mass is 171 g/mol. The van der Waals surface area contributed by atoms with Crippen molar-refractivity contribution in [1.82, 2.24) is 4.90 Å². The Morgan fingerprint density at radius 2 is 2.17 bits per heavy atom. The van der Waals surface area contributed by atoms with Crippen molar-refractivity contribution in [1.29, 1.82) is 0 Å². The van der Waals surface area contributed by atoms with Crippen LogP contribution in [0.25, 0.3) is 0 Å². The Morgan fingerprint density at radius 1 is 1.58 bits per heavy atom. The van der Waals surface area contributed by atoms with E-state index in [0.717, 1.165) is 0 Å². The van der Waals surface area contributed by atoms with Crippen molar-refractivity contribution in [3.05, 3.63) is 12.2 Å². The minimum atomic E-state index is -0.272. The lowest BCUT2D eigenvalue weighted by Gasteiger charge is -2.18. The average molecular weight is 171 g/mol. The van der Waals surface area contributed by atoms with Gasteiger partial charge in [0.15, 0.2) is 0 Å². The molecule has 0 rings (SSSR count). The minimum Gasteiger partial charge on any atom is -0.461 e. The van der Waals surface area contributed by atoms with Crippen molar-refractivity contribution in [2.45, 2.75) is 19.9 Å². The standard InChI is InChI=1S/C9H17NO2/c1-5-6-9(11)12-7-8(2)10(3)4/h5-6,8H,7H2,1-4H3. The average Bonchev–Trinajstić information content (AvgIpc) is 2.00. The van der Waals surface area contributed by atoms with E-state index in [-0.39, 0.29) is 12.0 Å². The summed E-state index contributed by atoms with van der Waals surface area (Å²) in [5, 5.41) is 0. The molecule has 0 heterocycles. The van der Waals surface area contributed by atoms with Gasteiger partial charge in [-0.3, -0.25) is 0 Å². The van der Waals surface area contributed by atoms with E-state index in [1.54, 1.807) is 13.0 Å². The summed E-state index contributed by atoms with van der Waals surface area (Å²) in [5.41, 5.74) is 0. The Labute approximate surface area is 74.0 Å². The van der Waals surface area contributed by atoms with E-state index in [1.165, 1.54) is 6.08 Å². The molecule has 0 aliphatic rings. The number of hydrogen-bond acceptors (Lipinski definition) is 3. The highest BCUT2D eigenvalue weighted by Gasteiger charge is 2.05. The minimum absolute atomic E-state index is 0.263. The number of carbonyl (C=O) groups is 1. The molecule has 3 heteroatoms. The lowest BCUT2D eigenvalue weighted by molar-refractivity contribution is -0.139. The molecule has 3 nitrogen and oxygen atoms in total. The molecule has 12 heavy (non-hydrogen) atoms. The molecule has 0 aromatic heterocycles. The van der Waals surface area contributed by atoms with Gasteiger partial charge in [-0.2, -0.15) is 0 Å². The third-order valence-corrected chi connectivity index (χ3v) is 1.65. The third-order valence-electron chi connectivity index (χ3n) is 1.65. The maximum absolute atomic E-state index is 10.8. The van der Waals surface area contributed by atoms with Gasteiger partial charge >= 0.3 is 5.97 Å². The number of carbonyl (C=O) groups excluding carboxylic acids is 1. The van der Waals surface area contributed by atoms with Crippen LogP contribution in [0.5, 0.6) is 0 Å². The topological polar surface area (TPSA) is 29.5 Å². The maximum Gasteiger partial charge on any atom is 0.330 e. The Hall–Kier alpha value is -0.830. The summed E-state index contributed by atoms with van der Waals surface area (Å²) >= 11 is 0. The molecular weight excluding hydrogens is 154 g/mol. The second kappa shape index (κ2) is 5.77. The van der Waals surface area contributed by atoms with Gasteiger partial charge in [0.1, 0.15) is 6.61 Å². The van der Waals surface area contributed by atoms with E-state index in [2.05, 4.69) is 0 Å². The van der Waals surface area contributed by atoms with Gasteiger partial charge in [-0.1, -0.05) is 6.08 Å². The molecule has 0 saturated carbocycles. The van der Waals surface area contributed by atoms with Gasteiger partial charge in [-0.25, -0.2) is 4.79 Å². The first kappa shape index (κ1) is 11.2. The lowest BCUT2D eigenvalue weighted by atomic mass is 10.3. The molecule has 70 valence electrons. The first-order valence-corrected chi connectivity index (χ1v) is 4.03. The smallest absolute Gasteiger partial charge is 0.330 e. The van der Waals surface area contributed by atoms with Crippen molar-refractivity contribution >= 4 is 5.97 Å². The number of ether oxygens (including phenoxy) is 1.